The summed E-state index contributed by atoms with van der Waals surface area (Å²) in [7, 11) is 0. The van der Waals surface area contributed by atoms with Crippen LogP contribution in [0.15, 0.2) is 29.8 Å². The predicted octanol–water partition coefficient (Wildman–Crippen LogP) is 3.52. The van der Waals surface area contributed by atoms with Crippen molar-refractivity contribution in [3.63, 3.8) is 0 Å². The molecule has 4 heteroatoms. The Bertz CT molecular complexity index is 561. The lowest BCUT2D eigenvalue weighted by atomic mass is 9.97. The molecule has 1 aromatic carbocycles. The lowest BCUT2D eigenvalue weighted by Gasteiger charge is -2.14. The Balaban J connectivity index is 2.11. The predicted molar refractivity (Wildman–Crippen MR) is 77.9 cm³/mol. The highest BCUT2D eigenvalue weighted by atomic mass is 16.4. The van der Waals surface area contributed by atoms with Crippen molar-refractivity contribution in [3.05, 3.63) is 41.0 Å². The molecule has 20 heavy (non-hydrogen) atoms. The van der Waals surface area contributed by atoms with Crippen molar-refractivity contribution in [2.45, 2.75) is 39.0 Å². The number of hydrogen-bond donors (Lipinski definition) is 2. The van der Waals surface area contributed by atoms with Crippen LogP contribution in [0.3, 0.4) is 0 Å². The number of carbonyl (C=O) groups excluding carboxylic acids is 1. The van der Waals surface area contributed by atoms with Crippen LogP contribution in [0.4, 0.5) is 5.69 Å². The average Bonchev–Trinajstić information content (AvgIpc) is 2.42. The molecule has 1 amide bonds. The number of hydrogen-bond acceptors (Lipinski definition) is 2. The second-order valence-electron chi connectivity index (χ2n) is 5.14. The third-order valence-corrected chi connectivity index (χ3v) is 3.54. The molecule has 0 aliphatic heterocycles. The van der Waals surface area contributed by atoms with Gasteiger partial charge in [-0.3, -0.25) is 4.79 Å². The fraction of sp³-hybridized carbons (Fsp3) is 0.375. The lowest BCUT2D eigenvalue weighted by molar-refractivity contribution is -0.115. The van der Waals surface area contributed by atoms with Crippen molar-refractivity contribution in [2.24, 2.45) is 0 Å². The molecule has 0 spiro atoms. The van der Waals surface area contributed by atoms with E-state index in [9.17, 15) is 9.59 Å². The molecule has 0 radical (unpaired) electrons. The Hall–Kier alpha value is -2.10. The van der Waals surface area contributed by atoms with E-state index in [0.717, 1.165) is 30.4 Å². The minimum atomic E-state index is -1.03. The number of aryl methyl sites for hydroxylation is 1. The van der Waals surface area contributed by atoms with Gasteiger partial charge in [0.25, 0.3) is 0 Å². The molecule has 2 N–H and O–H groups in total. The van der Waals surface area contributed by atoms with Crippen LogP contribution < -0.4 is 5.32 Å². The van der Waals surface area contributed by atoms with Gasteiger partial charge in [-0.1, -0.05) is 23.8 Å². The molecule has 4 nitrogen and oxygen atoms in total. The molecule has 1 aliphatic rings. The van der Waals surface area contributed by atoms with Crippen LogP contribution in [0.25, 0.3) is 0 Å². The van der Waals surface area contributed by atoms with Crippen molar-refractivity contribution in [1.29, 1.82) is 0 Å². The maximum atomic E-state index is 12.1. The van der Waals surface area contributed by atoms with Crippen LogP contribution in [0.2, 0.25) is 0 Å². The smallest absolute Gasteiger partial charge is 0.337 e. The molecule has 0 saturated carbocycles. The van der Waals surface area contributed by atoms with Crippen molar-refractivity contribution < 1.29 is 14.7 Å². The fourth-order valence-corrected chi connectivity index (χ4v) is 2.47. The number of benzene rings is 1. The van der Waals surface area contributed by atoms with Gasteiger partial charge in [-0.05, 0) is 44.2 Å². The molecule has 2 rings (SSSR count). The third-order valence-electron chi connectivity index (χ3n) is 3.54. The number of allylic oxidation sites excluding steroid dienone is 1. The van der Waals surface area contributed by atoms with Gasteiger partial charge in [0.15, 0.2) is 0 Å². The maximum absolute atomic E-state index is 12.1. The highest BCUT2D eigenvalue weighted by Gasteiger charge is 2.15. The monoisotopic (exact) mass is 273 g/mol. The van der Waals surface area contributed by atoms with E-state index >= 15 is 0 Å². The number of rotatable bonds is 4. The van der Waals surface area contributed by atoms with Gasteiger partial charge >= 0.3 is 5.97 Å². The van der Waals surface area contributed by atoms with E-state index in [1.165, 1.54) is 12.5 Å². The normalized spacial score (nSPS) is 14.6. The first-order chi connectivity index (χ1) is 9.58. The molecular weight excluding hydrogens is 254 g/mol. The minimum absolute atomic E-state index is 0.135. The first kappa shape index (κ1) is 14.3. The molecular formula is C16H19NO3. The van der Waals surface area contributed by atoms with Gasteiger partial charge in [0.05, 0.1) is 11.3 Å². The molecule has 0 heterocycles. The topological polar surface area (TPSA) is 66.4 Å². The molecule has 106 valence electrons. The Morgan fingerprint density at radius 2 is 2.10 bits per heavy atom. The van der Waals surface area contributed by atoms with Gasteiger partial charge in [-0.15, -0.1) is 0 Å². The Morgan fingerprint density at radius 3 is 2.75 bits per heavy atom. The summed E-state index contributed by atoms with van der Waals surface area (Å²) in [5, 5.41) is 11.9. The van der Waals surface area contributed by atoms with E-state index < -0.39 is 5.97 Å². The second kappa shape index (κ2) is 6.37. The number of aromatic carboxylic acids is 1. The average molecular weight is 273 g/mol. The van der Waals surface area contributed by atoms with Gasteiger partial charge in [0.2, 0.25) is 5.91 Å². The summed E-state index contributed by atoms with van der Waals surface area (Å²) >= 11 is 0. The lowest BCUT2D eigenvalue weighted by Crippen LogP contribution is -2.16. The third kappa shape index (κ3) is 3.47. The number of carboxylic acids is 1. The van der Waals surface area contributed by atoms with Crippen molar-refractivity contribution in [3.8, 4) is 0 Å². The standard InChI is InChI=1S/C16H19NO3/c1-11-6-5-9-13(16(19)20)15(11)17-14(18)10-12-7-3-2-4-8-12/h5-7,9H,2-4,8,10H2,1H3,(H,17,18)(H,19,20). The Kier molecular flexibility index (Phi) is 4.56. The van der Waals surface area contributed by atoms with Gasteiger partial charge in [0, 0.05) is 6.42 Å². The number of amides is 1. The van der Waals surface area contributed by atoms with Crippen LogP contribution in [-0.4, -0.2) is 17.0 Å². The van der Waals surface area contributed by atoms with E-state index in [2.05, 4.69) is 11.4 Å². The minimum Gasteiger partial charge on any atom is -0.478 e. The summed E-state index contributed by atoms with van der Waals surface area (Å²) in [4.78, 5) is 23.2. The van der Waals surface area contributed by atoms with Crippen LogP contribution in [0.5, 0.6) is 0 Å². The maximum Gasteiger partial charge on any atom is 0.337 e. The quantitative estimate of drug-likeness (QED) is 0.825. The van der Waals surface area contributed by atoms with E-state index in [0.29, 0.717) is 12.1 Å². The molecule has 0 unspecified atom stereocenters. The number of para-hydroxylation sites is 1. The molecule has 1 aliphatic carbocycles. The summed E-state index contributed by atoms with van der Waals surface area (Å²) in [5.41, 5.74) is 2.45. The summed E-state index contributed by atoms with van der Waals surface area (Å²) in [6.07, 6.45) is 6.79. The van der Waals surface area contributed by atoms with E-state index in [1.54, 1.807) is 19.1 Å². The molecule has 1 aromatic rings. The van der Waals surface area contributed by atoms with Crippen molar-refractivity contribution >= 4 is 17.6 Å². The van der Waals surface area contributed by atoms with E-state index in [-0.39, 0.29) is 11.5 Å². The van der Waals surface area contributed by atoms with Crippen LogP contribution in [-0.2, 0) is 4.79 Å². The van der Waals surface area contributed by atoms with Gasteiger partial charge in [-0.25, -0.2) is 4.79 Å². The Morgan fingerprint density at radius 1 is 1.30 bits per heavy atom. The fourth-order valence-electron chi connectivity index (χ4n) is 2.47. The van der Waals surface area contributed by atoms with Gasteiger partial charge < -0.3 is 10.4 Å². The first-order valence-corrected chi connectivity index (χ1v) is 6.88. The molecule has 0 atom stereocenters. The van der Waals surface area contributed by atoms with Crippen LogP contribution in [0, 0.1) is 6.92 Å². The zero-order chi connectivity index (χ0) is 14.5. The summed E-state index contributed by atoms with van der Waals surface area (Å²) < 4.78 is 0. The largest absolute Gasteiger partial charge is 0.478 e. The molecule has 0 aromatic heterocycles. The summed E-state index contributed by atoms with van der Waals surface area (Å²) in [6, 6.07) is 4.98. The SMILES string of the molecule is Cc1cccc(C(=O)O)c1NC(=O)CC1=CCCCC1. The summed E-state index contributed by atoms with van der Waals surface area (Å²) in [6.45, 7) is 1.79. The molecule has 0 fully saturated rings. The van der Waals surface area contributed by atoms with Crippen molar-refractivity contribution in [2.75, 3.05) is 5.32 Å². The van der Waals surface area contributed by atoms with Gasteiger partial charge in [0.1, 0.15) is 0 Å². The number of nitrogens with one attached hydrogen (secondary N) is 1. The van der Waals surface area contributed by atoms with Crippen LogP contribution in [0.1, 0.15) is 48.0 Å². The van der Waals surface area contributed by atoms with Crippen LogP contribution >= 0.6 is 0 Å². The highest BCUT2D eigenvalue weighted by molar-refractivity contribution is 6.01. The van der Waals surface area contributed by atoms with Gasteiger partial charge in [-0.2, -0.15) is 0 Å². The Labute approximate surface area is 118 Å². The van der Waals surface area contributed by atoms with E-state index in [1.807, 2.05) is 0 Å². The highest BCUT2D eigenvalue weighted by Crippen LogP contribution is 2.23. The number of carboxylic acid groups (broad SMARTS) is 1. The summed E-state index contributed by atoms with van der Waals surface area (Å²) in [5.74, 6) is -1.17. The zero-order valence-electron chi connectivity index (χ0n) is 11.6. The molecule has 0 saturated heterocycles. The molecule has 0 bridgehead atoms. The van der Waals surface area contributed by atoms with E-state index in [4.69, 9.17) is 5.11 Å². The zero-order valence-corrected chi connectivity index (χ0v) is 11.6. The van der Waals surface area contributed by atoms with Crippen molar-refractivity contribution in [1.82, 2.24) is 0 Å². The number of anilines is 1. The first-order valence-electron chi connectivity index (χ1n) is 6.88. The second-order valence-corrected chi connectivity index (χ2v) is 5.14. The number of carbonyl (C=O) groups is 2.